The van der Waals surface area contributed by atoms with Gasteiger partial charge in [0.05, 0.1) is 6.10 Å². The van der Waals surface area contributed by atoms with Crippen LogP contribution >= 0.6 is 0 Å². The van der Waals surface area contributed by atoms with Crippen LogP contribution in [0.2, 0.25) is 0 Å². The molecule has 4 nitrogen and oxygen atoms in total. The number of benzene rings is 2. The van der Waals surface area contributed by atoms with Crippen molar-refractivity contribution in [2.45, 2.75) is 24.0 Å². The molecular weight excluding hydrogens is 293 g/mol. The number of nitrogens with one attached hydrogen (secondary N) is 1. The van der Waals surface area contributed by atoms with E-state index in [2.05, 4.69) is 4.72 Å². The molecule has 2 N–H and O–H groups in total. The first-order chi connectivity index (χ1) is 9.92. The average Bonchev–Trinajstić information content (AvgIpc) is 2.47. The maximum Gasteiger partial charge on any atom is 0.243 e. The maximum absolute atomic E-state index is 13.6. The highest BCUT2D eigenvalue weighted by Crippen LogP contribution is 2.19. The lowest BCUT2D eigenvalue weighted by atomic mass is 10.0. The third-order valence-electron chi connectivity index (χ3n) is 3.08. The Hall–Kier alpha value is -1.76. The van der Waals surface area contributed by atoms with Gasteiger partial charge in [0.1, 0.15) is 10.7 Å². The minimum Gasteiger partial charge on any atom is -0.387 e. The molecule has 0 heterocycles. The van der Waals surface area contributed by atoms with Gasteiger partial charge < -0.3 is 5.11 Å². The van der Waals surface area contributed by atoms with Crippen LogP contribution in [0.4, 0.5) is 4.39 Å². The Bertz CT molecular complexity index is 704. The third-order valence-corrected chi connectivity index (χ3v) is 4.67. The van der Waals surface area contributed by atoms with Gasteiger partial charge in [0.25, 0.3) is 0 Å². The van der Waals surface area contributed by atoms with E-state index >= 15 is 0 Å². The zero-order valence-electron chi connectivity index (χ0n) is 11.4. The number of halogens is 1. The number of sulfonamides is 1. The van der Waals surface area contributed by atoms with Crippen molar-refractivity contribution in [1.29, 1.82) is 0 Å². The van der Waals surface area contributed by atoms with E-state index in [1.165, 1.54) is 25.1 Å². The maximum atomic E-state index is 13.6. The van der Waals surface area contributed by atoms with Gasteiger partial charge in [-0.05, 0) is 24.6 Å². The minimum atomic E-state index is -4.03. The molecule has 0 aliphatic heterocycles. The van der Waals surface area contributed by atoms with Crippen LogP contribution in [0.5, 0.6) is 0 Å². The molecule has 2 rings (SSSR count). The Morgan fingerprint density at radius 1 is 1.05 bits per heavy atom. The number of hydrogen-bond acceptors (Lipinski definition) is 3. The van der Waals surface area contributed by atoms with Crippen molar-refractivity contribution in [3.8, 4) is 0 Å². The molecule has 112 valence electrons. The predicted octanol–water partition coefficient (Wildman–Crippen LogP) is 2.23. The summed E-state index contributed by atoms with van der Waals surface area (Å²) >= 11 is 0. The molecule has 0 aliphatic rings. The van der Waals surface area contributed by atoms with Crippen molar-refractivity contribution in [3.63, 3.8) is 0 Å². The van der Waals surface area contributed by atoms with E-state index in [-0.39, 0.29) is 0 Å². The van der Waals surface area contributed by atoms with E-state index in [1.54, 1.807) is 30.3 Å². The molecule has 0 aliphatic carbocycles. The second kappa shape index (κ2) is 6.34. The molecule has 0 radical (unpaired) electrons. The van der Waals surface area contributed by atoms with Gasteiger partial charge in [-0.2, -0.15) is 0 Å². The quantitative estimate of drug-likeness (QED) is 0.890. The molecule has 0 spiro atoms. The molecule has 0 bridgehead atoms. The average molecular weight is 309 g/mol. The van der Waals surface area contributed by atoms with Crippen molar-refractivity contribution in [3.05, 3.63) is 66.0 Å². The highest BCUT2D eigenvalue weighted by Gasteiger charge is 2.25. The van der Waals surface area contributed by atoms with Crippen molar-refractivity contribution in [2.75, 3.05) is 0 Å². The lowest BCUT2D eigenvalue weighted by Crippen LogP contribution is -2.37. The van der Waals surface area contributed by atoms with Crippen LogP contribution in [0.25, 0.3) is 0 Å². The van der Waals surface area contributed by atoms with Crippen molar-refractivity contribution < 1.29 is 17.9 Å². The summed E-state index contributed by atoms with van der Waals surface area (Å²) in [5.74, 6) is -0.827. The monoisotopic (exact) mass is 309 g/mol. The Kier molecular flexibility index (Phi) is 4.72. The highest BCUT2D eigenvalue weighted by molar-refractivity contribution is 7.89. The Labute approximate surface area is 123 Å². The highest BCUT2D eigenvalue weighted by atomic mass is 32.2. The van der Waals surface area contributed by atoms with E-state index in [1.807, 2.05) is 0 Å². The first kappa shape index (κ1) is 15.6. The van der Waals surface area contributed by atoms with Gasteiger partial charge in [-0.3, -0.25) is 0 Å². The number of aliphatic hydroxyl groups is 1. The van der Waals surface area contributed by atoms with Crippen molar-refractivity contribution in [2.24, 2.45) is 0 Å². The van der Waals surface area contributed by atoms with E-state index in [0.29, 0.717) is 5.56 Å². The molecule has 2 atom stereocenters. The van der Waals surface area contributed by atoms with Gasteiger partial charge in [0.15, 0.2) is 0 Å². The summed E-state index contributed by atoms with van der Waals surface area (Å²) in [4.78, 5) is -0.433. The zero-order chi connectivity index (χ0) is 15.5. The van der Waals surface area contributed by atoms with Gasteiger partial charge in [-0.25, -0.2) is 17.5 Å². The molecule has 0 unspecified atom stereocenters. The summed E-state index contributed by atoms with van der Waals surface area (Å²) in [5, 5.41) is 10.1. The van der Waals surface area contributed by atoms with E-state index < -0.39 is 32.9 Å². The second-order valence-corrected chi connectivity index (χ2v) is 6.38. The summed E-state index contributed by atoms with van der Waals surface area (Å²) in [5.41, 5.74) is 0.584. The molecule has 0 amide bonds. The predicted molar refractivity (Wildman–Crippen MR) is 77.6 cm³/mol. The van der Waals surface area contributed by atoms with E-state index in [4.69, 9.17) is 0 Å². The fraction of sp³-hybridized carbons (Fsp3) is 0.200. The Balaban J connectivity index is 2.19. The number of hydrogen-bond donors (Lipinski definition) is 2. The molecule has 21 heavy (non-hydrogen) atoms. The van der Waals surface area contributed by atoms with Gasteiger partial charge >= 0.3 is 0 Å². The summed E-state index contributed by atoms with van der Waals surface area (Å²) in [6.07, 6.45) is -1.02. The molecule has 2 aromatic carbocycles. The van der Waals surface area contributed by atoms with Crippen LogP contribution in [0.15, 0.2) is 59.5 Å². The molecule has 2 aromatic rings. The lowest BCUT2D eigenvalue weighted by Gasteiger charge is -2.20. The first-order valence-electron chi connectivity index (χ1n) is 6.41. The summed E-state index contributed by atoms with van der Waals surface area (Å²) in [6, 6.07) is 13.0. The van der Waals surface area contributed by atoms with Gasteiger partial charge in [-0.1, -0.05) is 42.5 Å². The van der Waals surface area contributed by atoms with Crippen molar-refractivity contribution in [1.82, 2.24) is 4.72 Å². The van der Waals surface area contributed by atoms with Gasteiger partial charge in [0, 0.05) is 6.04 Å². The molecule has 0 aromatic heterocycles. The summed E-state index contributed by atoms with van der Waals surface area (Å²) in [7, 11) is -4.03. The van der Waals surface area contributed by atoms with Crippen molar-refractivity contribution >= 4 is 10.0 Å². The lowest BCUT2D eigenvalue weighted by molar-refractivity contribution is 0.146. The van der Waals surface area contributed by atoms with Crippen LogP contribution in [-0.2, 0) is 10.0 Å². The zero-order valence-corrected chi connectivity index (χ0v) is 12.2. The Morgan fingerprint density at radius 3 is 2.24 bits per heavy atom. The standard InChI is InChI=1S/C15H16FNO3S/c1-11(15(18)12-7-3-2-4-8-12)17-21(19,20)14-10-6-5-9-13(14)16/h2-11,15,17-18H,1H3/t11-,15-/m1/s1. The number of aliphatic hydroxyl groups excluding tert-OH is 1. The van der Waals surface area contributed by atoms with Gasteiger partial charge in [-0.15, -0.1) is 0 Å². The van der Waals surface area contributed by atoms with E-state index in [0.717, 1.165) is 6.07 Å². The molecule has 0 fully saturated rings. The molecular formula is C15H16FNO3S. The molecule has 0 saturated heterocycles. The topological polar surface area (TPSA) is 66.4 Å². The number of rotatable bonds is 5. The van der Waals surface area contributed by atoms with Crippen LogP contribution in [-0.4, -0.2) is 19.6 Å². The minimum absolute atomic E-state index is 0.433. The largest absolute Gasteiger partial charge is 0.387 e. The SMILES string of the molecule is C[C@@H](NS(=O)(=O)c1ccccc1F)[C@@H](O)c1ccccc1. The first-order valence-corrected chi connectivity index (χ1v) is 7.90. The summed E-state index contributed by atoms with van der Waals surface area (Å²) < 4.78 is 40.1. The normalized spacial score (nSPS) is 14.6. The second-order valence-electron chi connectivity index (χ2n) is 4.70. The smallest absolute Gasteiger partial charge is 0.243 e. The van der Waals surface area contributed by atoms with E-state index in [9.17, 15) is 17.9 Å². The van der Waals surface area contributed by atoms with Gasteiger partial charge in [0.2, 0.25) is 10.0 Å². The fourth-order valence-electron chi connectivity index (χ4n) is 1.97. The molecule has 6 heteroatoms. The van der Waals surface area contributed by atoms with Crippen LogP contribution < -0.4 is 4.72 Å². The van der Waals surface area contributed by atoms with Crippen LogP contribution in [0.3, 0.4) is 0 Å². The Morgan fingerprint density at radius 2 is 1.62 bits per heavy atom. The third kappa shape index (κ3) is 3.66. The molecule has 0 saturated carbocycles. The summed E-state index contributed by atoms with van der Waals surface area (Å²) in [6.45, 7) is 1.52. The fourth-order valence-corrected chi connectivity index (χ4v) is 3.30. The van der Waals surface area contributed by atoms with Crippen LogP contribution in [0, 0.1) is 5.82 Å². The van der Waals surface area contributed by atoms with Crippen LogP contribution in [0.1, 0.15) is 18.6 Å².